The van der Waals surface area contributed by atoms with Crippen molar-refractivity contribution in [1.29, 1.82) is 0 Å². The fourth-order valence-corrected chi connectivity index (χ4v) is 4.57. The van der Waals surface area contributed by atoms with Crippen molar-refractivity contribution in [3.63, 3.8) is 0 Å². The van der Waals surface area contributed by atoms with Gasteiger partial charge < -0.3 is 0 Å². The molecule has 0 fully saturated rings. The van der Waals surface area contributed by atoms with E-state index in [1.807, 2.05) is 0 Å². The molecule has 1 atom stereocenters. The smallest absolute Gasteiger partial charge is 0.265 e. The van der Waals surface area contributed by atoms with Gasteiger partial charge in [-0.25, -0.2) is 4.21 Å². The molecule has 0 radical (unpaired) electrons. The Labute approximate surface area is 93.2 Å². The molecule has 0 aliphatic rings. The zero-order valence-corrected chi connectivity index (χ0v) is 10.2. The first kappa shape index (κ1) is 12.4. The molecule has 1 rings (SSSR count). The van der Waals surface area contributed by atoms with E-state index in [2.05, 4.69) is 8.75 Å². The molecule has 0 saturated heterocycles. The van der Waals surface area contributed by atoms with Crippen LogP contribution in [0.3, 0.4) is 0 Å². The van der Waals surface area contributed by atoms with Crippen molar-refractivity contribution in [2.24, 2.45) is 3.77 Å². The lowest BCUT2D eigenvalue weighted by atomic mass is 10.5. The van der Waals surface area contributed by atoms with E-state index >= 15 is 0 Å². The Kier molecular flexibility index (Phi) is 3.69. The molecule has 15 heavy (non-hydrogen) atoms. The minimum Gasteiger partial charge on any atom is -0.265 e. The third-order valence-electron chi connectivity index (χ3n) is 1.62. The Balaban J connectivity index is 3.44. The van der Waals surface area contributed by atoms with Crippen molar-refractivity contribution in [2.45, 2.75) is 11.8 Å². The van der Waals surface area contributed by atoms with Gasteiger partial charge in [0, 0.05) is 28.8 Å². The van der Waals surface area contributed by atoms with Crippen molar-refractivity contribution < 1.29 is 12.6 Å². The Morgan fingerprint density at radius 3 is 2.27 bits per heavy atom. The van der Waals surface area contributed by atoms with Crippen molar-refractivity contribution in [3.8, 4) is 0 Å². The van der Waals surface area contributed by atoms with Crippen LogP contribution in [0.15, 0.2) is 33.2 Å². The van der Waals surface area contributed by atoms with Crippen LogP contribution in [0.1, 0.15) is 6.92 Å². The summed E-state index contributed by atoms with van der Waals surface area (Å²) in [4.78, 5) is 4.05. The van der Waals surface area contributed by atoms with Gasteiger partial charge in [-0.2, -0.15) is 8.42 Å². The van der Waals surface area contributed by atoms with Crippen molar-refractivity contribution in [2.75, 3.05) is 5.75 Å². The lowest BCUT2D eigenvalue weighted by Gasteiger charge is -2.04. The van der Waals surface area contributed by atoms with Crippen LogP contribution in [-0.2, 0) is 19.0 Å². The van der Waals surface area contributed by atoms with Gasteiger partial charge in [-0.15, -0.1) is 0 Å². The topological polar surface area (TPSA) is 76.5 Å². The first-order chi connectivity index (χ1) is 6.87. The molecular weight excluding hydrogens is 260 g/mol. The van der Waals surface area contributed by atoms with E-state index in [4.69, 9.17) is 10.7 Å². The molecule has 0 aliphatic carbocycles. The summed E-state index contributed by atoms with van der Waals surface area (Å²) in [5.41, 5.74) is 0. The van der Waals surface area contributed by atoms with Crippen LogP contribution in [0, 0.1) is 0 Å². The van der Waals surface area contributed by atoms with Gasteiger partial charge >= 0.3 is 9.24 Å². The third kappa shape index (κ3) is 3.44. The molecular formula is C7H9ClN2O3S2. The number of aromatic nitrogens is 1. The summed E-state index contributed by atoms with van der Waals surface area (Å²) < 4.78 is 36.8. The number of hydrogen-bond donors (Lipinski definition) is 0. The summed E-state index contributed by atoms with van der Waals surface area (Å²) >= 11 is 0. The average Bonchev–Trinajstić information content (AvgIpc) is 2.16. The zero-order chi connectivity index (χ0) is 11.5. The van der Waals surface area contributed by atoms with Gasteiger partial charge in [0.1, 0.15) is 0 Å². The Morgan fingerprint density at radius 1 is 1.33 bits per heavy atom. The Hall–Kier alpha value is -0.660. The fourth-order valence-electron chi connectivity index (χ4n) is 0.957. The first-order valence-electron chi connectivity index (χ1n) is 3.98. The van der Waals surface area contributed by atoms with Gasteiger partial charge in [-0.3, -0.25) is 4.98 Å². The first-order valence-corrected chi connectivity index (χ1v) is 7.93. The summed E-state index contributed by atoms with van der Waals surface area (Å²) in [7, 11) is -2.18. The Bertz CT molecular complexity index is 547. The fraction of sp³-hybridized carbons (Fsp3) is 0.286. The van der Waals surface area contributed by atoms with Crippen LogP contribution in [0.5, 0.6) is 0 Å². The molecule has 0 spiro atoms. The molecule has 0 bridgehead atoms. The van der Waals surface area contributed by atoms with Crippen molar-refractivity contribution in [1.82, 2.24) is 4.98 Å². The van der Waals surface area contributed by atoms with Gasteiger partial charge in [0.05, 0.1) is 14.6 Å². The summed E-state index contributed by atoms with van der Waals surface area (Å²) in [6, 6.07) is 2.91. The van der Waals surface area contributed by atoms with Gasteiger partial charge in [-0.05, 0) is 12.1 Å². The summed E-state index contributed by atoms with van der Waals surface area (Å²) in [6.45, 7) is 1.58. The highest BCUT2D eigenvalue weighted by molar-refractivity contribution is 8.17. The van der Waals surface area contributed by atoms with Gasteiger partial charge in [0.15, 0.2) is 0 Å². The second-order valence-corrected chi connectivity index (χ2v) is 7.52. The molecule has 0 amide bonds. The lowest BCUT2D eigenvalue weighted by Crippen LogP contribution is -2.05. The molecule has 8 heteroatoms. The standard InChI is InChI=1S/C7H9ClN2O3S2/c1-2-14(11,10-15(8,12)13)7-3-5-9-6-4-7/h3-6H,2H2,1H3/t14-/m0/s1. The molecule has 0 saturated carbocycles. The molecule has 0 aromatic carbocycles. The zero-order valence-electron chi connectivity index (χ0n) is 7.83. The molecule has 84 valence electrons. The number of halogens is 1. The second-order valence-electron chi connectivity index (χ2n) is 2.60. The molecule has 0 aliphatic heterocycles. The highest BCUT2D eigenvalue weighted by Crippen LogP contribution is 2.16. The van der Waals surface area contributed by atoms with Gasteiger partial charge in [-0.1, -0.05) is 10.7 Å². The van der Waals surface area contributed by atoms with Gasteiger partial charge in [0.2, 0.25) is 0 Å². The highest BCUT2D eigenvalue weighted by atomic mass is 35.7. The summed E-state index contributed by atoms with van der Waals surface area (Å²) in [5, 5.41) is 0. The van der Waals surface area contributed by atoms with Crippen LogP contribution >= 0.6 is 10.7 Å². The average molecular weight is 269 g/mol. The minimum absolute atomic E-state index is 0.0724. The number of pyridine rings is 1. The molecule has 1 aromatic rings. The van der Waals surface area contributed by atoms with Crippen LogP contribution in [0.25, 0.3) is 0 Å². The maximum absolute atomic E-state index is 12.1. The molecule has 5 nitrogen and oxygen atoms in total. The van der Waals surface area contributed by atoms with E-state index in [1.165, 1.54) is 24.5 Å². The predicted octanol–water partition coefficient (Wildman–Crippen LogP) is 1.41. The van der Waals surface area contributed by atoms with E-state index < -0.39 is 19.0 Å². The highest BCUT2D eigenvalue weighted by Gasteiger charge is 2.14. The molecule has 0 N–H and O–H groups in total. The minimum atomic E-state index is -4.14. The largest absolute Gasteiger partial charge is 0.347 e. The maximum Gasteiger partial charge on any atom is 0.347 e. The van der Waals surface area contributed by atoms with Crippen LogP contribution < -0.4 is 0 Å². The van der Waals surface area contributed by atoms with E-state index in [1.54, 1.807) is 6.92 Å². The van der Waals surface area contributed by atoms with Crippen LogP contribution in [0.4, 0.5) is 0 Å². The second kappa shape index (κ2) is 4.46. The van der Waals surface area contributed by atoms with E-state index in [0.29, 0.717) is 4.90 Å². The monoisotopic (exact) mass is 268 g/mol. The van der Waals surface area contributed by atoms with E-state index in [0.717, 1.165) is 0 Å². The third-order valence-corrected chi connectivity index (χ3v) is 5.59. The number of hydrogen-bond acceptors (Lipinski definition) is 4. The summed E-state index contributed by atoms with van der Waals surface area (Å²) in [5.74, 6) is 0.0724. The quantitative estimate of drug-likeness (QED) is 0.777. The van der Waals surface area contributed by atoms with Gasteiger partial charge in [0.25, 0.3) is 0 Å². The van der Waals surface area contributed by atoms with Crippen LogP contribution in [0.2, 0.25) is 0 Å². The van der Waals surface area contributed by atoms with E-state index in [-0.39, 0.29) is 5.75 Å². The number of nitrogens with zero attached hydrogens (tertiary/aromatic N) is 2. The van der Waals surface area contributed by atoms with Crippen molar-refractivity contribution >= 4 is 29.6 Å². The lowest BCUT2D eigenvalue weighted by molar-refractivity contribution is 0.611. The molecule has 0 unspecified atom stereocenters. The predicted molar refractivity (Wildman–Crippen MR) is 58.4 cm³/mol. The Morgan fingerprint density at radius 2 is 1.87 bits per heavy atom. The maximum atomic E-state index is 12.1. The molecule has 1 heterocycles. The summed E-state index contributed by atoms with van der Waals surface area (Å²) in [6.07, 6.45) is 2.84. The molecule has 1 aromatic heterocycles. The SMILES string of the molecule is CC[S@@](=O)(=NS(=O)(=O)Cl)c1ccncc1. The normalized spacial score (nSPS) is 15.6. The number of rotatable bonds is 3. The van der Waals surface area contributed by atoms with Crippen LogP contribution in [-0.4, -0.2) is 23.4 Å². The van der Waals surface area contributed by atoms with E-state index in [9.17, 15) is 12.6 Å². The van der Waals surface area contributed by atoms with Crippen molar-refractivity contribution in [3.05, 3.63) is 24.5 Å².